The second kappa shape index (κ2) is 7.24. The van der Waals surface area contributed by atoms with Gasteiger partial charge in [0.05, 0.1) is 11.1 Å². The number of nitrogens with zero attached hydrogens (tertiary/aromatic N) is 2. The number of thiophene rings is 1. The first kappa shape index (κ1) is 19.0. The lowest BCUT2D eigenvalue weighted by Crippen LogP contribution is -2.29. The summed E-state index contributed by atoms with van der Waals surface area (Å²) in [5, 5.41) is 1.34. The van der Waals surface area contributed by atoms with Gasteiger partial charge < -0.3 is 9.88 Å². The van der Waals surface area contributed by atoms with Gasteiger partial charge in [0.1, 0.15) is 4.83 Å². The third-order valence-electron chi connectivity index (χ3n) is 5.91. The smallest absolute Gasteiger partial charge is 0.260 e. The summed E-state index contributed by atoms with van der Waals surface area (Å²) in [6, 6.07) is 0. The molecule has 146 valence electrons. The Hall–Kier alpha value is -1.34. The molecule has 0 bridgehead atoms. The lowest BCUT2D eigenvalue weighted by molar-refractivity contribution is -0.127. The van der Waals surface area contributed by atoms with Gasteiger partial charge in [0.2, 0.25) is 5.91 Å². The molecule has 2 aliphatic rings. The number of hydrogen-bond acceptors (Lipinski definition) is 5. The van der Waals surface area contributed by atoms with Crippen molar-refractivity contribution in [1.29, 1.82) is 0 Å². The van der Waals surface area contributed by atoms with Gasteiger partial charge in [-0.1, -0.05) is 32.5 Å². The fraction of sp³-hybridized carbons (Fsp3) is 0.650. The second-order valence-electron chi connectivity index (χ2n) is 8.74. The van der Waals surface area contributed by atoms with E-state index in [4.69, 9.17) is 0 Å². The molecule has 1 aliphatic carbocycles. The summed E-state index contributed by atoms with van der Waals surface area (Å²) in [4.78, 5) is 36.6. The highest BCUT2D eigenvalue weighted by molar-refractivity contribution is 7.99. The number of rotatable bonds is 3. The standard InChI is InChI=1S/C20H27N3O2S2/c1-20(2,3)12-6-7-13-14(10-12)27-18-16(13)17(25)21-19(22-18)26-11-15(24)23-8-4-5-9-23/h12H,4-11H2,1-3H3,(H,21,22,25). The molecule has 1 aliphatic heterocycles. The van der Waals surface area contributed by atoms with Crippen molar-refractivity contribution < 1.29 is 4.79 Å². The first-order chi connectivity index (χ1) is 12.8. The topological polar surface area (TPSA) is 66.1 Å². The number of carbonyl (C=O) groups is 1. The van der Waals surface area contributed by atoms with E-state index in [0.717, 1.165) is 55.4 Å². The van der Waals surface area contributed by atoms with E-state index in [1.165, 1.54) is 22.2 Å². The van der Waals surface area contributed by atoms with Gasteiger partial charge in [-0.15, -0.1) is 11.3 Å². The molecule has 0 saturated carbocycles. The predicted octanol–water partition coefficient (Wildman–Crippen LogP) is 3.85. The van der Waals surface area contributed by atoms with Crippen LogP contribution in [0.3, 0.4) is 0 Å². The van der Waals surface area contributed by atoms with Crippen molar-refractivity contribution in [1.82, 2.24) is 14.9 Å². The maximum absolute atomic E-state index is 12.7. The monoisotopic (exact) mass is 405 g/mol. The average molecular weight is 406 g/mol. The Bertz CT molecular complexity index is 920. The fourth-order valence-electron chi connectivity index (χ4n) is 4.16. The van der Waals surface area contributed by atoms with Crippen molar-refractivity contribution in [2.24, 2.45) is 11.3 Å². The van der Waals surface area contributed by atoms with Gasteiger partial charge in [0.25, 0.3) is 5.56 Å². The average Bonchev–Trinajstić information content (AvgIpc) is 3.25. The van der Waals surface area contributed by atoms with Crippen molar-refractivity contribution in [3.05, 3.63) is 20.8 Å². The number of carbonyl (C=O) groups excluding carboxylic acids is 1. The summed E-state index contributed by atoms with van der Waals surface area (Å²) < 4.78 is 0. The number of hydrogen-bond donors (Lipinski definition) is 1. The van der Waals surface area contributed by atoms with Crippen molar-refractivity contribution >= 4 is 39.2 Å². The van der Waals surface area contributed by atoms with Crippen LogP contribution in [-0.4, -0.2) is 39.6 Å². The zero-order chi connectivity index (χ0) is 19.2. The van der Waals surface area contributed by atoms with E-state index < -0.39 is 0 Å². The van der Waals surface area contributed by atoms with Crippen molar-refractivity contribution in [2.75, 3.05) is 18.8 Å². The van der Waals surface area contributed by atoms with Crippen molar-refractivity contribution in [3.8, 4) is 0 Å². The highest BCUT2D eigenvalue weighted by atomic mass is 32.2. The second-order valence-corrected chi connectivity index (χ2v) is 10.8. The number of thioether (sulfide) groups is 1. The largest absolute Gasteiger partial charge is 0.342 e. The zero-order valence-corrected chi connectivity index (χ0v) is 17.9. The number of nitrogens with one attached hydrogen (secondary N) is 1. The van der Waals surface area contributed by atoms with E-state index >= 15 is 0 Å². The molecular weight excluding hydrogens is 378 g/mol. The van der Waals surface area contributed by atoms with Crippen molar-refractivity contribution in [2.45, 2.75) is 58.0 Å². The molecule has 3 heterocycles. The number of aryl methyl sites for hydroxylation is 1. The molecule has 1 fully saturated rings. The lowest BCUT2D eigenvalue weighted by atomic mass is 9.72. The number of likely N-dealkylation sites (tertiary alicyclic amines) is 1. The summed E-state index contributed by atoms with van der Waals surface area (Å²) in [7, 11) is 0. The predicted molar refractivity (Wildman–Crippen MR) is 112 cm³/mol. The Labute approximate surface area is 167 Å². The van der Waals surface area contributed by atoms with E-state index in [1.807, 2.05) is 4.90 Å². The third-order valence-corrected chi connectivity index (χ3v) is 7.92. The van der Waals surface area contributed by atoms with E-state index in [9.17, 15) is 9.59 Å². The number of amides is 1. The summed E-state index contributed by atoms with van der Waals surface area (Å²) in [5.74, 6) is 1.12. The fourth-order valence-corrected chi connectivity index (χ4v) is 6.28. The molecule has 27 heavy (non-hydrogen) atoms. The molecule has 2 aromatic heterocycles. The van der Waals surface area contributed by atoms with Crippen LogP contribution >= 0.6 is 23.1 Å². The maximum atomic E-state index is 12.7. The SMILES string of the molecule is CC(C)(C)C1CCc2c(sc3nc(SCC(=O)N4CCCC4)[nH]c(=O)c23)C1. The van der Waals surface area contributed by atoms with Gasteiger partial charge in [0.15, 0.2) is 5.16 Å². The van der Waals surface area contributed by atoms with Crippen LogP contribution in [0.15, 0.2) is 9.95 Å². The molecule has 1 unspecified atom stereocenters. The summed E-state index contributed by atoms with van der Waals surface area (Å²) in [6.45, 7) is 8.61. The van der Waals surface area contributed by atoms with Gasteiger partial charge in [0, 0.05) is 18.0 Å². The summed E-state index contributed by atoms with van der Waals surface area (Å²) in [6.07, 6.45) is 5.31. The summed E-state index contributed by atoms with van der Waals surface area (Å²) in [5.41, 5.74) is 1.43. The first-order valence-corrected chi connectivity index (χ1v) is 11.6. The molecule has 5 nitrogen and oxygen atoms in total. The zero-order valence-electron chi connectivity index (χ0n) is 16.3. The molecule has 0 radical (unpaired) electrons. The minimum Gasteiger partial charge on any atom is -0.342 e. The van der Waals surface area contributed by atoms with E-state index in [0.29, 0.717) is 16.8 Å². The van der Waals surface area contributed by atoms with Crippen LogP contribution in [0.5, 0.6) is 0 Å². The molecule has 1 N–H and O–H groups in total. The highest BCUT2D eigenvalue weighted by Crippen LogP contribution is 2.42. The van der Waals surface area contributed by atoms with Gasteiger partial charge in [-0.3, -0.25) is 9.59 Å². The van der Waals surface area contributed by atoms with Gasteiger partial charge in [-0.25, -0.2) is 4.98 Å². The normalized spacial score (nSPS) is 20.3. The van der Waals surface area contributed by atoms with Gasteiger partial charge in [-0.05, 0) is 49.0 Å². The number of fused-ring (bicyclic) bond motifs is 3. The van der Waals surface area contributed by atoms with Crippen LogP contribution in [-0.2, 0) is 17.6 Å². The van der Waals surface area contributed by atoms with Gasteiger partial charge >= 0.3 is 0 Å². The third kappa shape index (κ3) is 3.81. The number of aromatic nitrogens is 2. The Morgan fingerprint density at radius 1 is 1.33 bits per heavy atom. The molecule has 4 rings (SSSR count). The van der Waals surface area contributed by atoms with E-state index in [2.05, 4.69) is 30.7 Å². The first-order valence-electron chi connectivity index (χ1n) is 9.78. The molecule has 1 saturated heterocycles. The minimum atomic E-state index is -0.0529. The Kier molecular flexibility index (Phi) is 5.10. The maximum Gasteiger partial charge on any atom is 0.260 e. The Morgan fingerprint density at radius 3 is 2.78 bits per heavy atom. The molecule has 1 amide bonds. The lowest BCUT2D eigenvalue weighted by Gasteiger charge is -2.33. The van der Waals surface area contributed by atoms with Crippen LogP contribution in [0.2, 0.25) is 0 Å². The van der Waals surface area contributed by atoms with Crippen LogP contribution in [0, 0.1) is 11.3 Å². The minimum absolute atomic E-state index is 0.0529. The molecule has 1 atom stereocenters. The highest BCUT2D eigenvalue weighted by Gasteiger charge is 2.31. The Balaban J connectivity index is 1.55. The van der Waals surface area contributed by atoms with Crippen LogP contribution in [0.1, 0.15) is 50.5 Å². The molecular formula is C20H27N3O2S2. The quantitative estimate of drug-likeness (QED) is 0.622. The van der Waals surface area contributed by atoms with Crippen molar-refractivity contribution in [3.63, 3.8) is 0 Å². The Morgan fingerprint density at radius 2 is 2.07 bits per heavy atom. The van der Waals surface area contributed by atoms with E-state index in [1.54, 1.807) is 11.3 Å². The molecule has 7 heteroatoms. The molecule has 2 aromatic rings. The van der Waals surface area contributed by atoms with Crippen LogP contribution in [0.25, 0.3) is 10.2 Å². The number of H-pyrrole nitrogens is 1. The number of aromatic amines is 1. The van der Waals surface area contributed by atoms with Crippen LogP contribution < -0.4 is 5.56 Å². The van der Waals surface area contributed by atoms with Gasteiger partial charge in [-0.2, -0.15) is 0 Å². The summed E-state index contributed by atoms with van der Waals surface area (Å²) >= 11 is 3.01. The van der Waals surface area contributed by atoms with Crippen LogP contribution in [0.4, 0.5) is 0 Å². The van der Waals surface area contributed by atoms with E-state index in [-0.39, 0.29) is 16.9 Å². The molecule has 0 aromatic carbocycles. The molecule has 0 spiro atoms.